The molecule has 5 heteroatoms. The maximum absolute atomic E-state index is 12.1. The highest BCUT2D eigenvalue weighted by molar-refractivity contribution is 8.01. The van der Waals surface area contributed by atoms with Crippen LogP contribution in [0.15, 0.2) is 0 Å². The lowest BCUT2D eigenvalue weighted by Gasteiger charge is -2.26. The molecule has 1 saturated heterocycles. The maximum atomic E-state index is 12.1. The van der Waals surface area contributed by atoms with Crippen LogP contribution in [0.1, 0.15) is 45.4 Å². The van der Waals surface area contributed by atoms with E-state index in [1.807, 2.05) is 6.92 Å². The highest BCUT2D eigenvalue weighted by Crippen LogP contribution is 2.37. The molecule has 2 rings (SSSR count). The first-order valence-corrected chi connectivity index (χ1v) is 8.38. The van der Waals surface area contributed by atoms with E-state index in [1.54, 1.807) is 11.8 Å². The zero-order valence-corrected chi connectivity index (χ0v) is 12.6. The summed E-state index contributed by atoms with van der Waals surface area (Å²) >= 11 is 1.77. The molecular formula is C14H26N2O2S. The Morgan fingerprint density at radius 3 is 2.79 bits per heavy atom. The Labute approximate surface area is 120 Å². The molecule has 1 aliphatic heterocycles. The molecule has 1 heterocycles. The van der Waals surface area contributed by atoms with Gasteiger partial charge in [-0.2, -0.15) is 0 Å². The number of amides is 1. The fourth-order valence-corrected chi connectivity index (χ4v) is 4.02. The van der Waals surface area contributed by atoms with Crippen molar-refractivity contribution in [3.05, 3.63) is 0 Å². The molecule has 0 radical (unpaired) electrons. The second-order valence-corrected chi connectivity index (χ2v) is 7.44. The van der Waals surface area contributed by atoms with Crippen molar-refractivity contribution in [2.24, 2.45) is 5.73 Å². The molecule has 110 valence electrons. The first-order valence-electron chi connectivity index (χ1n) is 7.39. The number of nitrogens with two attached hydrogens (primary N) is 1. The molecule has 0 bridgehead atoms. The van der Waals surface area contributed by atoms with Gasteiger partial charge in [-0.05, 0) is 51.2 Å². The van der Waals surface area contributed by atoms with Crippen LogP contribution in [0, 0.1) is 0 Å². The van der Waals surface area contributed by atoms with Gasteiger partial charge in [-0.3, -0.25) is 4.79 Å². The largest absolute Gasteiger partial charge is 0.376 e. The SMILES string of the molecule is CC1(C(=O)NCCOC2CCC(N)CC2)CCCS1. The fraction of sp³-hybridized carbons (Fsp3) is 0.929. The lowest BCUT2D eigenvalue weighted by molar-refractivity contribution is -0.123. The van der Waals surface area contributed by atoms with Crippen LogP contribution < -0.4 is 11.1 Å². The molecule has 1 unspecified atom stereocenters. The van der Waals surface area contributed by atoms with Crippen LogP contribution in [0.25, 0.3) is 0 Å². The Morgan fingerprint density at radius 1 is 1.42 bits per heavy atom. The quantitative estimate of drug-likeness (QED) is 0.755. The molecule has 0 aromatic carbocycles. The van der Waals surface area contributed by atoms with Gasteiger partial charge < -0.3 is 15.8 Å². The maximum Gasteiger partial charge on any atom is 0.236 e. The number of carbonyl (C=O) groups is 1. The zero-order valence-electron chi connectivity index (χ0n) is 11.8. The molecule has 0 aromatic rings. The van der Waals surface area contributed by atoms with E-state index < -0.39 is 0 Å². The van der Waals surface area contributed by atoms with Gasteiger partial charge in [-0.25, -0.2) is 0 Å². The first-order chi connectivity index (χ1) is 9.10. The third-order valence-electron chi connectivity index (χ3n) is 4.16. The average Bonchev–Trinajstić information content (AvgIpc) is 2.85. The van der Waals surface area contributed by atoms with E-state index in [-0.39, 0.29) is 10.7 Å². The fourth-order valence-electron chi connectivity index (χ4n) is 2.79. The van der Waals surface area contributed by atoms with Gasteiger partial charge in [0.25, 0.3) is 0 Å². The Balaban J connectivity index is 1.58. The third kappa shape index (κ3) is 4.36. The predicted octanol–water partition coefficient (Wildman–Crippen LogP) is 1.67. The predicted molar refractivity (Wildman–Crippen MR) is 79.3 cm³/mol. The van der Waals surface area contributed by atoms with Crippen LogP contribution in [0.3, 0.4) is 0 Å². The van der Waals surface area contributed by atoms with Gasteiger partial charge in [0, 0.05) is 12.6 Å². The van der Waals surface area contributed by atoms with Gasteiger partial charge in [0.15, 0.2) is 0 Å². The summed E-state index contributed by atoms with van der Waals surface area (Å²) in [7, 11) is 0. The molecule has 19 heavy (non-hydrogen) atoms. The summed E-state index contributed by atoms with van der Waals surface area (Å²) in [6.07, 6.45) is 6.72. The summed E-state index contributed by atoms with van der Waals surface area (Å²) in [5.74, 6) is 1.27. The molecule has 2 fully saturated rings. The molecule has 2 aliphatic rings. The summed E-state index contributed by atoms with van der Waals surface area (Å²) in [6, 6.07) is 0.360. The third-order valence-corrected chi connectivity index (χ3v) is 5.68. The van der Waals surface area contributed by atoms with Gasteiger partial charge in [-0.15, -0.1) is 11.8 Å². The standard InChI is InChI=1S/C14H26N2O2S/c1-14(7-2-10-19-14)13(17)16-8-9-18-12-5-3-11(15)4-6-12/h11-12H,2-10,15H2,1H3,(H,16,17). The van der Waals surface area contributed by atoms with Gasteiger partial charge in [0.1, 0.15) is 0 Å². The number of thioether (sulfide) groups is 1. The smallest absolute Gasteiger partial charge is 0.236 e. The molecule has 1 saturated carbocycles. The van der Waals surface area contributed by atoms with Crippen LogP contribution in [0.4, 0.5) is 0 Å². The van der Waals surface area contributed by atoms with Crippen molar-refractivity contribution in [2.45, 2.75) is 62.3 Å². The molecule has 1 amide bonds. The molecule has 3 N–H and O–H groups in total. The number of nitrogens with one attached hydrogen (secondary N) is 1. The molecule has 0 aromatic heterocycles. The first kappa shape index (κ1) is 15.1. The summed E-state index contributed by atoms with van der Waals surface area (Å²) in [5.41, 5.74) is 5.86. The minimum Gasteiger partial charge on any atom is -0.376 e. The second kappa shape index (κ2) is 6.95. The molecule has 4 nitrogen and oxygen atoms in total. The van der Waals surface area contributed by atoms with Gasteiger partial charge in [-0.1, -0.05) is 0 Å². The number of hydrogen-bond donors (Lipinski definition) is 2. The minimum atomic E-state index is -0.211. The van der Waals surface area contributed by atoms with Crippen molar-refractivity contribution < 1.29 is 9.53 Å². The topological polar surface area (TPSA) is 64.3 Å². The Kier molecular flexibility index (Phi) is 5.54. The van der Waals surface area contributed by atoms with E-state index in [4.69, 9.17) is 10.5 Å². The minimum absolute atomic E-state index is 0.171. The van der Waals surface area contributed by atoms with Crippen LogP contribution in [-0.2, 0) is 9.53 Å². The molecule has 1 atom stereocenters. The van der Waals surface area contributed by atoms with Crippen molar-refractivity contribution in [2.75, 3.05) is 18.9 Å². The van der Waals surface area contributed by atoms with E-state index in [2.05, 4.69) is 5.32 Å². The average molecular weight is 286 g/mol. The van der Waals surface area contributed by atoms with Crippen molar-refractivity contribution >= 4 is 17.7 Å². The monoisotopic (exact) mass is 286 g/mol. The summed E-state index contributed by atoms with van der Waals surface area (Å²) < 4.78 is 5.59. The van der Waals surface area contributed by atoms with Crippen molar-refractivity contribution in [1.82, 2.24) is 5.32 Å². The summed E-state index contributed by atoms with van der Waals surface area (Å²) in [4.78, 5) is 12.1. The molecular weight excluding hydrogens is 260 g/mol. The normalized spacial score (nSPS) is 35.3. The van der Waals surface area contributed by atoms with Gasteiger partial charge >= 0.3 is 0 Å². The Bertz CT molecular complexity index is 298. The summed E-state index contributed by atoms with van der Waals surface area (Å²) in [5, 5.41) is 3.00. The zero-order chi connectivity index (χ0) is 13.7. The number of carbonyl (C=O) groups excluding carboxylic acids is 1. The van der Waals surface area contributed by atoms with Crippen LogP contribution >= 0.6 is 11.8 Å². The lowest BCUT2D eigenvalue weighted by Crippen LogP contribution is -2.42. The van der Waals surface area contributed by atoms with Crippen molar-refractivity contribution in [3.63, 3.8) is 0 Å². The number of rotatable bonds is 5. The molecule has 0 spiro atoms. The van der Waals surface area contributed by atoms with Gasteiger partial charge in [0.2, 0.25) is 5.91 Å². The van der Waals surface area contributed by atoms with E-state index in [1.165, 1.54) is 0 Å². The van der Waals surface area contributed by atoms with Gasteiger partial charge in [0.05, 0.1) is 17.5 Å². The van der Waals surface area contributed by atoms with E-state index in [0.717, 1.165) is 44.3 Å². The Morgan fingerprint density at radius 2 is 2.16 bits per heavy atom. The van der Waals surface area contributed by atoms with Crippen LogP contribution in [0.5, 0.6) is 0 Å². The summed E-state index contributed by atoms with van der Waals surface area (Å²) in [6.45, 7) is 3.29. The van der Waals surface area contributed by atoms with Crippen molar-refractivity contribution in [1.29, 1.82) is 0 Å². The van der Waals surface area contributed by atoms with Crippen LogP contribution in [-0.4, -0.2) is 41.7 Å². The van der Waals surface area contributed by atoms with E-state index in [9.17, 15) is 4.79 Å². The molecule has 1 aliphatic carbocycles. The van der Waals surface area contributed by atoms with Crippen molar-refractivity contribution in [3.8, 4) is 0 Å². The number of ether oxygens (including phenoxy) is 1. The number of hydrogen-bond acceptors (Lipinski definition) is 4. The highest BCUT2D eigenvalue weighted by Gasteiger charge is 2.36. The van der Waals surface area contributed by atoms with E-state index in [0.29, 0.717) is 25.3 Å². The Hall–Kier alpha value is -0.260. The van der Waals surface area contributed by atoms with Crippen LogP contribution in [0.2, 0.25) is 0 Å². The lowest BCUT2D eigenvalue weighted by atomic mass is 9.94. The second-order valence-electron chi connectivity index (χ2n) is 5.85. The van der Waals surface area contributed by atoms with E-state index >= 15 is 0 Å². The highest BCUT2D eigenvalue weighted by atomic mass is 32.2.